The van der Waals surface area contributed by atoms with Crippen LogP contribution in [0.15, 0.2) is 18.2 Å². The SMILES string of the molecule is CC1(C)CC1n1c(CCCl)nc2c(F)cccc21. The van der Waals surface area contributed by atoms with Gasteiger partial charge in [-0.3, -0.25) is 0 Å². The molecule has 2 aromatic rings. The number of rotatable bonds is 3. The second kappa shape index (κ2) is 3.95. The Labute approximate surface area is 111 Å². The van der Waals surface area contributed by atoms with Gasteiger partial charge in [-0.1, -0.05) is 19.9 Å². The van der Waals surface area contributed by atoms with Gasteiger partial charge in [0.1, 0.15) is 11.3 Å². The van der Waals surface area contributed by atoms with Gasteiger partial charge in [-0.2, -0.15) is 0 Å². The van der Waals surface area contributed by atoms with Crippen LogP contribution in [0, 0.1) is 11.2 Å². The Kier molecular flexibility index (Phi) is 2.63. The highest BCUT2D eigenvalue weighted by molar-refractivity contribution is 6.17. The van der Waals surface area contributed by atoms with Crippen molar-refractivity contribution in [2.24, 2.45) is 5.41 Å². The Balaban J connectivity index is 2.20. The topological polar surface area (TPSA) is 17.8 Å². The zero-order valence-electron chi connectivity index (χ0n) is 10.6. The third-order valence-corrected chi connectivity index (χ3v) is 4.02. The fourth-order valence-electron chi connectivity index (χ4n) is 2.62. The van der Waals surface area contributed by atoms with Crippen molar-refractivity contribution in [3.8, 4) is 0 Å². The molecule has 4 heteroatoms. The summed E-state index contributed by atoms with van der Waals surface area (Å²) in [6.07, 6.45) is 1.80. The smallest absolute Gasteiger partial charge is 0.151 e. The van der Waals surface area contributed by atoms with Crippen LogP contribution in [0.4, 0.5) is 4.39 Å². The molecule has 1 aromatic heterocycles. The molecule has 0 amide bonds. The predicted octanol–water partition coefficient (Wildman–Crippen LogP) is 3.93. The minimum atomic E-state index is -0.250. The standard InChI is InChI=1S/C14H16ClFN2/c1-14(2)8-11(14)18-10-5-3-4-9(16)13(10)17-12(18)6-7-15/h3-5,11H,6-8H2,1-2H3. The highest BCUT2D eigenvalue weighted by Crippen LogP contribution is 2.56. The fourth-order valence-corrected chi connectivity index (χ4v) is 2.79. The summed E-state index contributed by atoms with van der Waals surface area (Å²) in [5.74, 6) is 1.17. The van der Waals surface area contributed by atoms with Crippen molar-refractivity contribution in [2.75, 3.05) is 5.88 Å². The maximum absolute atomic E-state index is 13.8. The molecule has 1 atom stereocenters. The van der Waals surface area contributed by atoms with Gasteiger partial charge < -0.3 is 4.57 Å². The normalized spacial score (nSPS) is 21.4. The number of aryl methyl sites for hydroxylation is 1. The average molecular weight is 267 g/mol. The van der Waals surface area contributed by atoms with Crippen molar-refractivity contribution in [3.05, 3.63) is 29.8 Å². The molecule has 1 aromatic carbocycles. The van der Waals surface area contributed by atoms with Crippen LogP contribution in [0.3, 0.4) is 0 Å². The van der Waals surface area contributed by atoms with E-state index in [1.54, 1.807) is 6.07 Å². The lowest BCUT2D eigenvalue weighted by molar-refractivity contribution is 0.537. The van der Waals surface area contributed by atoms with Gasteiger partial charge >= 0.3 is 0 Å². The van der Waals surface area contributed by atoms with E-state index in [4.69, 9.17) is 11.6 Å². The van der Waals surface area contributed by atoms with Crippen molar-refractivity contribution in [3.63, 3.8) is 0 Å². The third-order valence-electron chi connectivity index (χ3n) is 3.84. The van der Waals surface area contributed by atoms with Gasteiger partial charge in [-0.05, 0) is 24.0 Å². The second-order valence-electron chi connectivity index (χ2n) is 5.65. The first-order chi connectivity index (χ1) is 8.54. The molecule has 1 saturated carbocycles. The Hall–Kier alpha value is -1.09. The highest BCUT2D eigenvalue weighted by atomic mass is 35.5. The first kappa shape index (κ1) is 12.0. The van der Waals surface area contributed by atoms with Crippen LogP contribution in [0.2, 0.25) is 0 Å². The molecule has 0 aliphatic heterocycles. The van der Waals surface area contributed by atoms with E-state index in [0.717, 1.165) is 17.8 Å². The number of aromatic nitrogens is 2. The Morgan fingerprint density at radius 1 is 1.50 bits per heavy atom. The van der Waals surface area contributed by atoms with Gasteiger partial charge in [-0.15, -0.1) is 11.6 Å². The lowest BCUT2D eigenvalue weighted by Gasteiger charge is -2.10. The van der Waals surface area contributed by atoms with Crippen molar-refractivity contribution < 1.29 is 4.39 Å². The Bertz CT molecular complexity index is 603. The molecule has 0 spiro atoms. The van der Waals surface area contributed by atoms with Crippen molar-refractivity contribution in [1.82, 2.24) is 9.55 Å². The number of para-hydroxylation sites is 1. The van der Waals surface area contributed by atoms with E-state index in [0.29, 0.717) is 23.9 Å². The molecule has 0 saturated heterocycles. The second-order valence-corrected chi connectivity index (χ2v) is 6.03. The zero-order chi connectivity index (χ0) is 12.9. The summed E-state index contributed by atoms with van der Waals surface area (Å²) in [5, 5.41) is 0. The van der Waals surface area contributed by atoms with Crippen LogP contribution in [-0.2, 0) is 6.42 Å². The minimum Gasteiger partial charge on any atom is -0.324 e. The summed E-state index contributed by atoms with van der Waals surface area (Å²) in [4.78, 5) is 4.43. The van der Waals surface area contributed by atoms with Gasteiger partial charge in [0.05, 0.1) is 5.52 Å². The monoisotopic (exact) mass is 266 g/mol. The van der Waals surface area contributed by atoms with Crippen molar-refractivity contribution in [1.29, 1.82) is 0 Å². The lowest BCUT2D eigenvalue weighted by atomic mass is 10.2. The molecule has 0 N–H and O–H groups in total. The number of benzene rings is 1. The maximum atomic E-state index is 13.8. The van der Waals surface area contributed by atoms with E-state index in [1.807, 2.05) is 6.07 Å². The molecule has 3 rings (SSSR count). The van der Waals surface area contributed by atoms with E-state index in [1.165, 1.54) is 6.07 Å². The lowest BCUT2D eigenvalue weighted by Crippen LogP contribution is -2.06. The summed E-state index contributed by atoms with van der Waals surface area (Å²) in [5.41, 5.74) is 1.65. The summed E-state index contributed by atoms with van der Waals surface area (Å²) in [6, 6.07) is 5.57. The van der Waals surface area contributed by atoms with Crippen LogP contribution < -0.4 is 0 Å². The van der Waals surface area contributed by atoms with Crippen LogP contribution >= 0.6 is 11.6 Å². The average Bonchev–Trinajstić information content (AvgIpc) is 2.78. The van der Waals surface area contributed by atoms with Gasteiger partial charge in [0.25, 0.3) is 0 Å². The molecule has 18 heavy (non-hydrogen) atoms. The number of imidazole rings is 1. The first-order valence-electron chi connectivity index (χ1n) is 6.26. The van der Waals surface area contributed by atoms with E-state index in [-0.39, 0.29) is 11.2 Å². The zero-order valence-corrected chi connectivity index (χ0v) is 11.3. The molecular formula is C14H16ClFN2. The van der Waals surface area contributed by atoms with Gasteiger partial charge in [0.2, 0.25) is 0 Å². The molecule has 1 aliphatic carbocycles. The van der Waals surface area contributed by atoms with Crippen LogP contribution in [-0.4, -0.2) is 15.4 Å². The van der Waals surface area contributed by atoms with Crippen LogP contribution in [0.1, 0.15) is 32.1 Å². The minimum absolute atomic E-state index is 0.250. The summed E-state index contributed by atoms with van der Waals surface area (Å²) in [7, 11) is 0. The van der Waals surface area contributed by atoms with E-state index in [2.05, 4.69) is 23.4 Å². The quantitative estimate of drug-likeness (QED) is 0.770. The fraction of sp³-hybridized carbons (Fsp3) is 0.500. The largest absolute Gasteiger partial charge is 0.324 e. The molecule has 1 heterocycles. The first-order valence-corrected chi connectivity index (χ1v) is 6.79. The Morgan fingerprint density at radius 3 is 2.83 bits per heavy atom. The van der Waals surface area contributed by atoms with E-state index in [9.17, 15) is 4.39 Å². The molecule has 1 unspecified atom stereocenters. The van der Waals surface area contributed by atoms with Crippen LogP contribution in [0.25, 0.3) is 11.0 Å². The van der Waals surface area contributed by atoms with Gasteiger partial charge in [0.15, 0.2) is 5.82 Å². The molecule has 2 nitrogen and oxygen atoms in total. The molecule has 1 fully saturated rings. The van der Waals surface area contributed by atoms with Crippen LogP contribution in [0.5, 0.6) is 0 Å². The number of halogens is 2. The molecule has 96 valence electrons. The molecule has 1 aliphatic rings. The maximum Gasteiger partial charge on any atom is 0.151 e. The Morgan fingerprint density at radius 2 is 2.22 bits per heavy atom. The summed E-state index contributed by atoms with van der Waals surface area (Å²) >= 11 is 5.82. The number of fused-ring (bicyclic) bond motifs is 1. The number of hydrogen-bond acceptors (Lipinski definition) is 1. The third kappa shape index (κ3) is 1.72. The number of alkyl halides is 1. The highest BCUT2D eigenvalue weighted by Gasteiger charge is 2.48. The van der Waals surface area contributed by atoms with Crippen molar-refractivity contribution >= 4 is 22.6 Å². The van der Waals surface area contributed by atoms with E-state index < -0.39 is 0 Å². The predicted molar refractivity (Wildman–Crippen MR) is 71.6 cm³/mol. The molecular weight excluding hydrogens is 251 g/mol. The van der Waals surface area contributed by atoms with Gasteiger partial charge in [-0.25, -0.2) is 9.37 Å². The van der Waals surface area contributed by atoms with E-state index >= 15 is 0 Å². The van der Waals surface area contributed by atoms with Crippen molar-refractivity contribution in [2.45, 2.75) is 32.7 Å². The molecule has 0 radical (unpaired) electrons. The summed E-state index contributed by atoms with van der Waals surface area (Å²) < 4.78 is 16.0. The summed E-state index contributed by atoms with van der Waals surface area (Å²) in [6.45, 7) is 4.46. The van der Waals surface area contributed by atoms with Gasteiger partial charge in [0, 0.05) is 18.3 Å². The number of hydrogen-bond donors (Lipinski definition) is 0. The number of nitrogens with zero attached hydrogens (tertiary/aromatic N) is 2. The molecule has 0 bridgehead atoms.